The fraction of sp³-hybridized carbons (Fsp3) is 0.423. The number of hydrogen-bond acceptors (Lipinski definition) is 16. The van der Waals surface area contributed by atoms with Crippen LogP contribution in [0, 0.1) is 0 Å². The van der Waals surface area contributed by atoms with E-state index in [1.807, 2.05) is 0 Å². The van der Waals surface area contributed by atoms with Crippen molar-refractivity contribution in [2.75, 3.05) is 13.2 Å². The van der Waals surface area contributed by atoms with Crippen molar-refractivity contribution in [1.82, 2.24) is 0 Å². The van der Waals surface area contributed by atoms with Gasteiger partial charge in [0.2, 0.25) is 29.5 Å². The smallest absolute Gasteiger partial charge is 0.239 e. The van der Waals surface area contributed by atoms with Crippen LogP contribution < -0.4 is 14.9 Å². The Kier molecular flexibility index (Phi) is 8.17. The highest BCUT2D eigenvalue weighted by Crippen LogP contribution is 2.44. The molecule has 0 amide bonds. The van der Waals surface area contributed by atoms with Crippen molar-refractivity contribution in [1.29, 1.82) is 0 Å². The van der Waals surface area contributed by atoms with Crippen molar-refractivity contribution in [3.05, 3.63) is 40.6 Å². The minimum atomic E-state index is -1.93. The van der Waals surface area contributed by atoms with Crippen LogP contribution in [0.2, 0.25) is 0 Å². The molecule has 16 heteroatoms. The molecule has 228 valence electrons. The Morgan fingerprint density at radius 3 is 2.10 bits per heavy atom. The van der Waals surface area contributed by atoms with Crippen molar-refractivity contribution >= 4 is 11.0 Å². The Morgan fingerprint density at radius 2 is 1.43 bits per heavy atom. The summed E-state index contributed by atoms with van der Waals surface area (Å²) < 4.78 is 27.6. The number of benzene rings is 2. The number of hydrogen-bond donors (Lipinski definition) is 10. The number of aliphatic hydroxyl groups excluding tert-OH is 7. The van der Waals surface area contributed by atoms with Crippen LogP contribution in [0.3, 0.4) is 0 Å². The molecule has 9 atom stereocenters. The number of aliphatic hydroxyl groups is 7. The van der Waals surface area contributed by atoms with Gasteiger partial charge in [0, 0.05) is 11.6 Å². The number of fused-ring (bicyclic) bond motifs is 1. The lowest BCUT2D eigenvalue weighted by Crippen LogP contribution is -2.60. The quantitative estimate of drug-likeness (QED) is 0.142. The van der Waals surface area contributed by atoms with Gasteiger partial charge in [-0.3, -0.25) is 4.79 Å². The third kappa shape index (κ3) is 5.19. The average molecular weight is 596 g/mol. The van der Waals surface area contributed by atoms with E-state index in [0.717, 1.165) is 0 Å². The van der Waals surface area contributed by atoms with E-state index >= 15 is 0 Å². The molecule has 0 spiro atoms. The van der Waals surface area contributed by atoms with Gasteiger partial charge < -0.3 is 74.4 Å². The van der Waals surface area contributed by atoms with Gasteiger partial charge in [-0.25, -0.2) is 0 Å². The first kappa shape index (κ1) is 29.8. The molecule has 2 fully saturated rings. The molecule has 0 aliphatic carbocycles. The molecule has 10 N–H and O–H groups in total. The lowest BCUT2D eigenvalue weighted by Gasteiger charge is -2.39. The van der Waals surface area contributed by atoms with Gasteiger partial charge in [-0.05, 0) is 24.3 Å². The maximum Gasteiger partial charge on any atom is 0.239 e. The standard InChI is InChI=1S/C26H28O16/c27-6-13-16(33)18(35)20(37)26(39-13)42-24-17(34)14-10(29)5-11(30)22(41-25-19(36)15(32)12(31)7-38-25)23(14)40-21(24)8-1-3-9(28)4-2-8/h1-5,12-13,15-16,18-20,25-33,35-37H,6-7H2. The molecule has 2 aromatic carbocycles. The number of aromatic hydroxyl groups is 3. The topological polar surface area (TPSA) is 269 Å². The summed E-state index contributed by atoms with van der Waals surface area (Å²) >= 11 is 0. The maximum absolute atomic E-state index is 13.8. The van der Waals surface area contributed by atoms with E-state index in [4.69, 9.17) is 23.4 Å². The van der Waals surface area contributed by atoms with Crippen LogP contribution in [-0.2, 0) is 9.47 Å². The largest absolute Gasteiger partial charge is 0.508 e. The summed E-state index contributed by atoms with van der Waals surface area (Å²) in [5, 5.41) is 101. The molecule has 0 saturated carbocycles. The average Bonchev–Trinajstić information content (AvgIpc) is 2.96. The summed E-state index contributed by atoms with van der Waals surface area (Å²) in [5.41, 5.74) is -1.62. The predicted molar refractivity (Wildman–Crippen MR) is 136 cm³/mol. The highest BCUT2D eigenvalue weighted by Gasteiger charge is 2.46. The summed E-state index contributed by atoms with van der Waals surface area (Å²) in [4.78, 5) is 13.8. The van der Waals surface area contributed by atoms with Crippen LogP contribution in [-0.4, -0.2) is 120 Å². The second-order valence-electron chi connectivity index (χ2n) is 9.77. The van der Waals surface area contributed by atoms with E-state index in [-0.39, 0.29) is 11.3 Å². The van der Waals surface area contributed by atoms with Crippen LogP contribution in [0.4, 0.5) is 0 Å². The summed E-state index contributed by atoms with van der Waals surface area (Å²) in [5.74, 6) is -3.50. The molecule has 1 aromatic heterocycles. The van der Waals surface area contributed by atoms with Gasteiger partial charge in [0.15, 0.2) is 17.1 Å². The molecule has 9 unspecified atom stereocenters. The van der Waals surface area contributed by atoms with E-state index in [2.05, 4.69) is 0 Å². The lowest BCUT2D eigenvalue weighted by molar-refractivity contribution is -0.277. The molecule has 2 aliphatic heterocycles. The SMILES string of the molecule is O=c1c(OC2OC(CO)C(O)C(O)C2O)c(-c2ccc(O)cc2)oc2c(OC3OCC(O)C(O)C3O)c(O)cc(O)c12. The second kappa shape index (κ2) is 11.5. The molecule has 0 radical (unpaired) electrons. The van der Waals surface area contributed by atoms with Crippen molar-refractivity contribution in [2.24, 2.45) is 0 Å². The van der Waals surface area contributed by atoms with Crippen LogP contribution >= 0.6 is 0 Å². The van der Waals surface area contributed by atoms with E-state index in [9.17, 15) is 55.9 Å². The van der Waals surface area contributed by atoms with Crippen LogP contribution in [0.5, 0.6) is 28.7 Å². The molecule has 2 saturated heterocycles. The predicted octanol–water partition coefficient (Wildman–Crippen LogP) is -2.43. The van der Waals surface area contributed by atoms with E-state index in [1.165, 1.54) is 24.3 Å². The first-order chi connectivity index (χ1) is 19.9. The van der Waals surface area contributed by atoms with E-state index < -0.39 is 114 Å². The third-order valence-electron chi connectivity index (χ3n) is 6.94. The Bertz CT molecular complexity index is 1490. The molecule has 5 rings (SSSR count). The zero-order valence-corrected chi connectivity index (χ0v) is 21.4. The molecule has 2 aliphatic rings. The van der Waals surface area contributed by atoms with Gasteiger partial charge in [-0.1, -0.05) is 0 Å². The second-order valence-corrected chi connectivity index (χ2v) is 9.77. The van der Waals surface area contributed by atoms with Gasteiger partial charge in [0.1, 0.15) is 59.6 Å². The van der Waals surface area contributed by atoms with E-state index in [1.54, 1.807) is 0 Å². The first-order valence-electron chi connectivity index (χ1n) is 12.6. The maximum atomic E-state index is 13.8. The number of ether oxygens (including phenoxy) is 4. The molecule has 3 heterocycles. The third-order valence-corrected chi connectivity index (χ3v) is 6.94. The van der Waals surface area contributed by atoms with E-state index in [0.29, 0.717) is 6.07 Å². The van der Waals surface area contributed by atoms with Gasteiger partial charge >= 0.3 is 0 Å². The molecule has 42 heavy (non-hydrogen) atoms. The zero-order chi connectivity index (χ0) is 30.5. The van der Waals surface area contributed by atoms with Crippen molar-refractivity contribution < 1.29 is 74.4 Å². The molecular formula is C26H28O16. The summed E-state index contributed by atoms with van der Waals surface area (Å²) in [6.07, 6.45) is -15.3. The Morgan fingerprint density at radius 1 is 0.786 bits per heavy atom. The highest BCUT2D eigenvalue weighted by molar-refractivity contribution is 5.93. The minimum absolute atomic E-state index is 0.0765. The molecular weight excluding hydrogens is 568 g/mol. The number of phenolic OH excluding ortho intramolecular Hbond substituents is 3. The van der Waals surface area contributed by atoms with Gasteiger partial charge in [0.25, 0.3) is 0 Å². The normalized spacial score (nSPS) is 31.6. The molecule has 16 nitrogen and oxygen atoms in total. The first-order valence-corrected chi connectivity index (χ1v) is 12.6. The minimum Gasteiger partial charge on any atom is -0.508 e. The van der Waals surface area contributed by atoms with Crippen molar-refractivity contribution in [3.8, 4) is 40.1 Å². The summed E-state index contributed by atoms with van der Waals surface area (Å²) in [6, 6.07) is 5.77. The number of phenols is 3. The zero-order valence-electron chi connectivity index (χ0n) is 21.4. The molecule has 0 bridgehead atoms. The van der Waals surface area contributed by atoms with Crippen LogP contribution in [0.15, 0.2) is 39.5 Å². The fourth-order valence-corrected chi connectivity index (χ4v) is 4.60. The Hall–Kier alpha value is -3.71. The van der Waals surface area contributed by atoms with Crippen LogP contribution in [0.25, 0.3) is 22.3 Å². The molecule has 3 aromatic rings. The van der Waals surface area contributed by atoms with Gasteiger partial charge in [0.05, 0.1) is 13.2 Å². The number of rotatable bonds is 6. The lowest BCUT2D eigenvalue weighted by atomic mass is 9.99. The van der Waals surface area contributed by atoms with Crippen LogP contribution in [0.1, 0.15) is 0 Å². The fourth-order valence-electron chi connectivity index (χ4n) is 4.60. The Balaban J connectivity index is 1.67. The van der Waals surface area contributed by atoms with Gasteiger partial charge in [-0.15, -0.1) is 0 Å². The Labute approximate surface area is 235 Å². The monoisotopic (exact) mass is 596 g/mol. The summed E-state index contributed by atoms with van der Waals surface area (Å²) in [7, 11) is 0. The van der Waals surface area contributed by atoms with Gasteiger partial charge in [-0.2, -0.15) is 0 Å². The van der Waals surface area contributed by atoms with Crippen molar-refractivity contribution in [3.63, 3.8) is 0 Å². The van der Waals surface area contributed by atoms with Crippen molar-refractivity contribution in [2.45, 2.75) is 55.3 Å². The highest BCUT2D eigenvalue weighted by atomic mass is 16.7. The summed E-state index contributed by atoms with van der Waals surface area (Å²) in [6.45, 7) is -1.25.